The van der Waals surface area contributed by atoms with Gasteiger partial charge in [-0.2, -0.15) is 0 Å². The minimum Gasteiger partial charge on any atom is -1.00 e. The zero-order valence-electron chi connectivity index (χ0n) is 4.26. The van der Waals surface area contributed by atoms with E-state index in [0.29, 0.717) is 0 Å². The van der Waals surface area contributed by atoms with E-state index in [1.54, 1.807) is 0 Å². The van der Waals surface area contributed by atoms with E-state index in [-0.39, 0.29) is 4.70 Å². The molecule has 0 atom stereocenters. The predicted octanol–water partition coefficient (Wildman–Crippen LogP) is -1.94. The SMILES string of the molecule is [F-].[SH2+]c1ccccc1. The van der Waals surface area contributed by atoms with Crippen molar-refractivity contribution < 1.29 is 4.70 Å². The molecule has 0 radical (unpaired) electrons. The Morgan fingerprint density at radius 1 is 1.00 bits per heavy atom. The molecule has 0 spiro atoms. The molecule has 0 saturated heterocycles. The monoisotopic (exact) mass is 130 g/mol. The van der Waals surface area contributed by atoms with Crippen molar-refractivity contribution in [1.29, 1.82) is 0 Å². The Bertz CT molecular complexity index is 138. The van der Waals surface area contributed by atoms with Crippen LogP contribution in [0.5, 0.6) is 0 Å². The summed E-state index contributed by atoms with van der Waals surface area (Å²) in [6.07, 6.45) is 0. The van der Waals surface area contributed by atoms with Gasteiger partial charge in [-0.05, 0) is 24.8 Å². The van der Waals surface area contributed by atoms with Gasteiger partial charge in [0, 0.05) is 0 Å². The van der Waals surface area contributed by atoms with Crippen LogP contribution in [0.15, 0.2) is 35.2 Å². The lowest BCUT2D eigenvalue weighted by molar-refractivity contribution is -0.00000132. The zero-order chi connectivity index (χ0) is 5.11. The summed E-state index contributed by atoms with van der Waals surface area (Å²) in [5, 5.41) is 0. The van der Waals surface area contributed by atoms with Crippen molar-refractivity contribution >= 4 is 12.6 Å². The predicted molar refractivity (Wildman–Crippen MR) is 34.9 cm³/mol. The van der Waals surface area contributed by atoms with E-state index in [1.807, 2.05) is 30.3 Å². The second-order valence-electron chi connectivity index (χ2n) is 1.37. The summed E-state index contributed by atoms with van der Waals surface area (Å²) in [4.78, 5) is 1.13. The zero-order valence-corrected chi connectivity index (χ0v) is 5.26. The molecule has 0 heterocycles. The summed E-state index contributed by atoms with van der Waals surface area (Å²) >= 11 is 3.36. The third-order valence-electron chi connectivity index (χ3n) is 0.774. The van der Waals surface area contributed by atoms with Gasteiger partial charge in [0.1, 0.15) is 4.90 Å². The fraction of sp³-hybridized carbons (Fsp3) is 0. The molecule has 0 bridgehead atoms. The Kier molecular flexibility index (Phi) is 3.28. The van der Waals surface area contributed by atoms with Crippen molar-refractivity contribution in [3.05, 3.63) is 30.3 Å². The molecule has 2 heteroatoms. The maximum absolute atomic E-state index is 3.36. The van der Waals surface area contributed by atoms with Crippen LogP contribution in [0.1, 0.15) is 0 Å². The Morgan fingerprint density at radius 3 is 1.75 bits per heavy atom. The van der Waals surface area contributed by atoms with E-state index in [0.717, 1.165) is 4.90 Å². The summed E-state index contributed by atoms with van der Waals surface area (Å²) in [5.74, 6) is 0. The van der Waals surface area contributed by atoms with E-state index in [9.17, 15) is 0 Å². The first-order valence-corrected chi connectivity index (χ1v) is 2.66. The second-order valence-corrected chi connectivity index (χ2v) is 1.94. The average Bonchev–Trinajstić information content (AvgIpc) is 1.69. The summed E-state index contributed by atoms with van der Waals surface area (Å²) in [6.45, 7) is 0. The number of hydrogen-bond acceptors (Lipinski definition) is 0. The van der Waals surface area contributed by atoms with Crippen LogP contribution in [0.4, 0.5) is 0 Å². The molecule has 1 aromatic rings. The Hall–Kier alpha value is -0.500. The van der Waals surface area contributed by atoms with Gasteiger partial charge in [-0.3, -0.25) is 0 Å². The highest BCUT2D eigenvalue weighted by molar-refractivity contribution is 7.58. The lowest BCUT2D eigenvalue weighted by Crippen LogP contribution is -3.00. The van der Waals surface area contributed by atoms with Gasteiger partial charge in [0.25, 0.3) is 0 Å². The van der Waals surface area contributed by atoms with Crippen LogP contribution in [0.25, 0.3) is 0 Å². The average molecular weight is 130 g/mol. The van der Waals surface area contributed by atoms with Crippen LogP contribution < -0.4 is 4.70 Å². The quantitative estimate of drug-likeness (QED) is 0.358. The Morgan fingerprint density at radius 2 is 1.50 bits per heavy atom. The van der Waals surface area contributed by atoms with Gasteiger partial charge in [-0.15, -0.1) is 0 Å². The molecule has 0 aliphatic heterocycles. The molecule has 0 unspecified atom stereocenters. The number of halogens is 1. The molecule has 0 fully saturated rings. The molecule has 44 valence electrons. The van der Waals surface area contributed by atoms with Crippen molar-refractivity contribution in [2.24, 2.45) is 0 Å². The van der Waals surface area contributed by atoms with Crippen molar-refractivity contribution in [1.82, 2.24) is 0 Å². The maximum Gasteiger partial charge on any atom is 0.150 e. The molecule has 0 aliphatic carbocycles. The van der Waals surface area contributed by atoms with Crippen molar-refractivity contribution in [2.75, 3.05) is 0 Å². The number of rotatable bonds is 0. The van der Waals surface area contributed by atoms with E-state index in [4.69, 9.17) is 0 Å². The molecule has 0 saturated carbocycles. The van der Waals surface area contributed by atoms with Gasteiger partial charge < -0.3 is 4.70 Å². The largest absolute Gasteiger partial charge is 1.00 e. The molecule has 0 N–H and O–H groups in total. The molecule has 0 aromatic heterocycles. The van der Waals surface area contributed by atoms with Crippen LogP contribution in [0.3, 0.4) is 0 Å². The smallest absolute Gasteiger partial charge is 0.150 e. The van der Waals surface area contributed by atoms with Crippen LogP contribution in [0.2, 0.25) is 0 Å². The van der Waals surface area contributed by atoms with Crippen molar-refractivity contribution in [3.63, 3.8) is 0 Å². The molecular weight excluding hydrogens is 123 g/mol. The van der Waals surface area contributed by atoms with E-state index in [2.05, 4.69) is 12.6 Å². The standard InChI is InChI=1S/C6H6S.FH/c7-6-4-2-1-3-5-6;/h1-5,7H;1H. The lowest BCUT2D eigenvalue weighted by Gasteiger charge is -1.75. The van der Waals surface area contributed by atoms with Gasteiger partial charge in [0.2, 0.25) is 0 Å². The molecule has 0 aliphatic rings. The molecular formula is C6H7FS. The third-order valence-corrected chi connectivity index (χ3v) is 1.11. The lowest BCUT2D eigenvalue weighted by atomic mass is 10.4. The number of hydrogen-bond donors (Lipinski definition) is 0. The van der Waals surface area contributed by atoms with Crippen LogP contribution in [-0.2, 0) is 12.6 Å². The highest BCUT2D eigenvalue weighted by atomic mass is 32.1. The normalized spacial score (nSPS) is 7.62. The van der Waals surface area contributed by atoms with Gasteiger partial charge in [0.15, 0.2) is 0 Å². The van der Waals surface area contributed by atoms with E-state index >= 15 is 0 Å². The van der Waals surface area contributed by atoms with E-state index in [1.165, 1.54) is 0 Å². The molecule has 8 heavy (non-hydrogen) atoms. The molecule has 0 nitrogen and oxygen atoms in total. The highest BCUT2D eigenvalue weighted by Crippen LogP contribution is 1.92. The first-order valence-electron chi connectivity index (χ1n) is 2.16. The molecule has 1 rings (SSSR count). The van der Waals surface area contributed by atoms with Gasteiger partial charge in [0.05, 0.1) is 0 Å². The van der Waals surface area contributed by atoms with Crippen molar-refractivity contribution in [3.8, 4) is 0 Å². The maximum atomic E-state index is 3.36. The fourth-order valence-electron chi connectivity index (χ4n) is 0.438. The summed E-state index contributed by atoms with van der Waals surface area (Å²) in [6, 6.07) is 9.96. The topological polar surface area (TPSA) is 0 Å². The molecule has 1 aromatic carbocycles. The van der Waals surface area contributed by atoms with Crippen LogP contribution in [0, 0.1) is 0 Å². The minimum absolute atomic E-state index is 0. The third kappa shape index (κ3) is 1.98. The second kappa shape index (κ2) is 3.50. The summed E-state index contributed by atoms with van der Waals surface area (Å²) < 4.78 is 0. The highest BCUT2D eigenvalue weighted by Gasteiger charge is 1.80. The fourth-order valence-corrected chi connectivity index (χ4v) is 0.631. The van der Waals surface area contributed by atoms with E-state index < -0.39 is 0 Å². The van der Waals surface area contributed by atoms with Crippen LogP contribution in [-0.4, -0.2) is 0 Å². The van der Waals surface area contributed by atoms with Crippen LogP contribution >= 0.6 is 0 Å². The first kappa shape index (κ1) is 7.50. The Labute approximate surface area is 53.3 Å². The first-order chi connectivity index (χ1) is 3.39. The minimum atomic E-state index is 0. The van der Waals surface area contributed by atoms with Gasteiger partial charge in [-0.1, -0.05) is 18.2 Å². The summed E-state index contributed by atoms with van der Waals surface area (Å²) in [7, 11) is 0. The summed E-state index contributed by atoms with van der Waals surface area (Å²) in [5.41, 5.74) is 0. The number of benzene rings is 1. The van der Waals surface area contributed by atoms with Gasteiger partial charge in [-0.25, -0.2) is 0 Å². The van der Waals surface area contributed by atoms with Gasteiger partial charge >= 0.3 is 0 Å². The van der Waals surface area contributed by atoms with Crippen molar-refractivity contribution in [2.45, 2.75) is 4.90 Å². The molecule has 0 amide bonds. The Balaban J connectivity index is 0.000000490.